The van der Waals surface area contributed by atoms with Crippen molar-refractivity contribution in [2.45, 2.75) is 43.4 Å². The number of likely N-dealkylation sites (tertiary alicyclic amines) is 1. The van der Waals surface area contributed by atoms with E-state index in [0.717, 1.165) is 29.9 Å². The summed E-state index contributed by atoms with van der Waals surface area (Å²) in [4.78, 5) is 15.4. The monoisotopic (exact) mass is 467 g/mol. The van der Waals surface area contributed by atoms with Crippen molar-refractivity contribution in [1.29, 1.82) is 0 Å². The average molecular weight is 468 g/mol. The van der Waals surface area contributed by atoms with Gasteiger partial charge < -0.3 is 4.90 Å². The van der Waals surface area contributed by atoms with Crippen LogP contribution in [0.2, 0.25) is 0 Å². The molecule has 2 aliphatic rings. The first-order valence-electron chi connectivity index (χ1n) is 11.6. The van der Waals surface area contributed by atoms with Gasteiger partial charge in [0.1, 0.15) is 5.82 Å². The second-order valence-electron chi connectivity index (χ2n) is 9.08. The molecule has 1 aromatic carbocycles. The molecule has 8 nitrogen and oxygen atoms in total. The second kappa shape index (κ2) is 8.87. The van der Waals surface area contributed by atoms with E-state index < -0.39 is 10.0 Å². The second-order valence-corrected chi connectivity index (χ2v) is 11.0. The van der Waals surface area contributed by atoms with Crippen LogP contribution in [0.5, 0.6) is 0 Å². The smallest absolute Gasteiger partial charge is 0.243 e. The Morgan fingerprint density at radius 3 is 2.30 bits per heavy atom. The van der Waals surface area contributed by atoms with E-state index in [9.17, 15) is 13.2 Å². The lowest BCUT2D eigenvalue weighted by Crippen LogP contribution is -2.46. The number of nitrogens with zero attached hydrogens (tertiary/aromatic N) is 5. The van der Waals surface area contributed by atoms with Crippen LogP contribution >= 0.6 is 0 Å². The third kappa shape index (κ3) is 4.27. The van der Waals surface area contributed by atoms with Gasteiger partial charge in [-0.05, 0) is 56.9 Å². The van der Waals surface area contributed by atoms with Crippen molar-refractivity contribution in [3.8, 4) is 0 Å². The lowest BCUT2D eigenvalue weighted by atomic mass is 9.92. The molecule has 0 spiro atoms. The molecule has 2 saturated heterocycles. The normalized spacial score (nSPS) is 19.2. The molecule has 0 bridgehead atoms. The van der Waals surface area contributed by atoms with Gasteiger partial charge in [-0.3, -0.25) is 9.20 Å². The van der Waals surface area contributed by atoms with Crippen molar-refractivity contribution >= 4 is 21.6 Å². The SMILES string of the molecule is Cc1ccc(S(=O)(=O)N2CCC(C(=O)N3CCC(c4nnc5ccccn45)CC3)CC2)cc1. The first kappa shape index (κ1) is 22.0. The number of aryl methyl sites for hydroxylation is 1. The van der Waals surface area contributed by atoms with Gasteiger partial charge in [0.15, 0.2) is 5.65 Å². The van der Waals surface area contributed by atoms with E-state index in [4.69, 9.17) is 0 Å². The molecule has 0 saturated carbocycles. The van der Waals surface area contributed by atoms with Crippen molar-refractivity contribution in [2.75, 3.05) is 26.2 Å². The summed E-state index contributed by atoms with van der Waals surface area (Å²) in [7, 11) is -3.51. The number of pyridine rings is 1. The predicted octanol–water partition coefficient (Wildman–Crippen LogP) is 2.84. The maximum atomic E-state index is 13.1. The van der Waals surface area contributed by atoms with Gasteiger partial charge in [-0.25, -0.2) is 8.42 Å². The predicted molar refractivity (Wildman–Crippen MR) is 124 cm³/mol. The summed E-state index contributed by atoms with van der Waals surface area (Å²) in [5.41, 5.74) is 1.87. The maximum Gasteiger partial charge on any atom is 0.243 e. The highest BCUT2D eigenvalue weighted by molar-refractivity contribution is 7.89. The minimum Gasteiger partial charge on any atom is -0.342 e. The molecule has 2 fully saturated rings. The average Bonchev–Trinajstić information content (AvgIpc) is 3.28. The number of benzene rings is 1. The third-order valence-corrected chi connectivity index (χ3v) is 8.89. The molecular formula is C24H29N5O3S. The van der Waals surface area contributed by atoms with Crippen molar-refractivity contribution in [1.82, 2.24) is 23.8 Å². The number of hydrogen-bond acceptors (Lipinski definition) is 5. The summed E-state index contributed by atoms with van der Waals surface area (Å²) >= 11 is 0. The minimum atomic E-state index is -3.51. The Hall–Kier alpha value is -2.78. The van der Waals surface area contributed by atoms with E-state index in [0.29, 0.717) is 43.9 Å². The van der Waals surface area contributed by atoms with E-state index in [1.54, 1.807) is 12.1 Å². The molecular weight excluding hydrogens is 438 g/mol. The molecule has 0 N–H and O–H groups in total. The number of hydrogen-bond donors (Lipinski definition) is 0. The number of fused-ring (bicyclic) bond motifs is 1. The molecule has 4 heterocycles. The molecule has 2 aliphatic heterocycles. The lowest BCUT2D eigenvalue weighted by Gasteiger charge is -2.36. The molecule has 2 aromatic heterocycles. The van der Waals surface area contributed by atoms with Gasteiger partial charge in [-0.1, -0.05) is 23.8 Å². The number of piperidine rings is 2. The summed E-state index contributed by atoms with van der Waals surface area (Å²) in [5.74, 6) is 1.30. The molecule has 0 atom stereocenters. The highest BCUT2D eigenvalue weighted by Crippen LogP contribution is 2.30. The van der Waals surface area contributed by atoms with Crippen LogP contribution in [0, 0.1) is 12.8 Å². The molecule has 0 aliphatic carbocycles. The van der Waals surface area contributed by atoms with Crippen molar-refractivity contribution < 1.29 is 13.2 Å². The Labute approximate surface area is 194 Å². The third-order valence-electron chi connectivity index (χ3n) is 6.97. The summed E-state index contributed by atoms with van der Waals surface area (Å²) in [6.07, 6.45) is 4.85. The van der Waals surface area contributed by atoms with Crippen LogP contribution < -0.4 is 0 Å². The summed E-state index contributed by atoms with van der Waals surface area (Å²) in [6, 6.07) is 12.8. The molecule has 0 unspecified atom stereocenters. The highest BCUT2D eigenvalue weighted by atomic mass is 32.2. The van der Waals surface area contributed by atoms with E-state index in [-0.39, 0.29) is 17.7 Å². The van der Waals surface area contributed by atoms with Crippen LogP contribution in [0.15, 0.2) is 53.6 Å². The van der Waals surface area contributed by atoms with Crippen LogP contribution in [-0.2, 0) is 14.8 Å². The van der Waals surface area contributed by atoms with Gasteiger partial charge in [-0.15, -0.1) is 10.2 Å². The Bertz CT molecular complexity index is 1240. The maximum absolute atomic E-state index is 13.1. The van der Waals surface area contributed by atoms with Crippen LogP contribution in [0.3, 0.4) is 0 Å². The van der Waals surface area contributed by atoms with Gasteiger partial charge >= 0.3 is 0 Å². The van der Waals surface area contributed by atoms with Crippen LogP contribution in [-0.4, -0.2) is 64.3 Å². The van der Waals surface area contributed by atoms with E-state index in [1.165, 1.54) is 4.31 Å². The number of sulfonamides is 1. The molecule has 5 rings (SSSR count). The van der Waals surface area contributed by atoms with Gasteiger partial charge in [0, 0.05) is 44.2 Å². The quantitative estimate of drug-likeness (QED) is 0.589. The summed E-state index contributed by atoms with van der Waals surface area (Å²) in [6.45, 7) is 4.11. The van der Waals surface area contributed by atoms with Crippen LogP contribution in [0.1, 0.15) is 43.0 Å². The number of aromatic nitrogens is 3. The standard InChI is InChI=1S/C24H29N5O3S/c1-18-5-7-21(8-6-18)33(31,32)28-16-11-20(12-17-28)24(30)27-14-9-19(10-15-27)23-26-25-22-4-2-3-13-29(22)23/h2-8,13,19-20H,9-12,14-17H2,1H3. The van der Waals surface area contributed by atoms with E-state index >= 15 is 0 Å². The van der Waals surface area contributed by atoms with Gasteiger partial charge in [0.05, 0.1) is 4.90 Å². The molecule has 174 valence electrons. The first-order chi connectivity index (χ1) is 15.9. The zero-order valence-electron chi connectivity index (χ0n) is 18.8. The molecule has 0 radical (unpaired) electrons. The molecule has 3 aromatic rings. The van der Waals surface area contributed by atoms with Gasteiger partial charge in [-0.2, -0.15) is 4.31 Å². The van der Waals surface area contributed by atoms with Crippen LogP contribution in [0.4, 0.5) is 0 Å². The fraction of sp³-hybridized carbons (Fsp3) is 0.458. The van der Waals surface area contributed by atoms with E-state index in [2.05, 4.69) is 10.2 Å². The Kier molecular flexibility index (Phi) is 5.92. The fourth-order valence-corrected chi connectivity index (χ4v) is 6.43. The van der Waals surface area contributed by atoms with Gasteiger partial charge in [0.25, 0.3) is 0 Å². The number of carbonyl (C=O) groups excluding carboxylic acids is 1. The number of rotatable bonds is 4. The summed E-state index contributed by atoms with van der Waals surface area (Å²) in [5, 5.41) is 8.64. The first-order valence-corrected chi connectivity index (χ1v) is 13.0. The zero-order valence-corrected chi connectivity index (χ0v) is 19.6. The fourth-order valence-electron chi connectivity index (χ4n) is 4.96. The van der Waals surface area contributed by atoms with E-state index in [1.807, 2.05) is 52.8 Å². The van der Waals surface area contributed by atoms with Gasteiger partial charge in [0.2, 0.25) is 15.9 Å². The Balaban J connectivity index is 1.17. The largest absolute Gasteiger partial charge is 0.342 e. The van der Waals surface area contributed by atoms with Crippen molar-refractivity contribution in [2.24, 2.45) is 5.92 Å². The molecule has 1 amide bonds. The highest BCUT2D eigenvalue weighted by Gasteiger charge is 2.35. The number of amides is 1. The van der Waals surface area contributed by atoms with Crippen molar-refractivity contribution in [3.63, 3.8) is 0 Å². The Morgan fingerprint density at radius 2 is 1.61 bits per heavy atom. The number of carbonyl (C=O) groups is 1. The zero-order chi connectivity index (χ0) is 23.0. The Morgan fingerprint density at radius 1 is 0.909 bits per heavy atom. The lowest BCUT2D eigenvalue weighted by molar-refractivity contribution is -0.137. The van der Waals surface area contributed by atoms with Crippen molar-refractivity contribution in [3.05, 3.63) is 60.0 Å². The topological polar surface area (TPSA) is 87.9 Å². The molecule has 33 heavy (non-hydrogen) atoms. The van der Waals surface area contributed by atoms with Crippen LogP contribution in [0.25, 0.3) is 5.65 Å². The minimum absolute atomic E-state index is 0.111. The summed E-state index contributed by atoms with van der Waals surface area (Å²) < 4.78 is 29.4. The molecule has 9 heteroatoms.